The number of rotatable bonds is 3. The highest BCUT2D eigenvalue weighted by molar-refractivity contribution is 5.98. The van der Waals surface area contributed by atoms with Crippen molar-refractivity contribution in [2.45, 2.75) is 120 Å². The van der Waals surface area contributed by atoms with Gasteiger partial charge >= 0.3 is 5.97 Å². The molecular weight excluding hydrogens is 586 g/mol. The van der Waals surface area contributed by atoms with Crippen molar-refractivity contribution in [3.63, 3.8) is 0 Å². The summed E-state index contributed by atoms with van der Waals surface area (Å²) in [6.07, 6.45) is 4.92. The molecule has 3 aliphatic heterocycles. The second kappa shape index (κ2) is 26.4. The molecule has 1 amide bonds. The third kappa shape index (κ3) is 19.3. The normalized spacial score (nSPS) is 29.8. The van der Waals surface area contributed by atoms with E-state index in [1.165, 1.54) is 0 Å². The van der Waals surface area contributed by atoms with Crippen molar-refractivity contribution >= 4 is 17.7 Å². The predicted molar refractivity (Wildman–Crippen MR) is 186 cm³/mol. The number of carbonyl (C=O) groups is 3. The zero-order valence-corrected chi connectivity index (χ0v) is 31.2. The van der Waals surface area contributed by atoms with Crippen LogP contribution in [0.4, 0.5) is 0 Å². The van der Waals surface area contributed by atoms with Gasteiger partial charge in [-0.25, -0.2) is 0 Å². The lowest BCUT2D eigenvalue weighted by atomic mass is 9.89. The third-order valence-corrected chi connectivity index (χ3v) is 8.50. The maximum absolute atomic E-state index is 13.0. The smallest absolute Gasteiger partial charge is 0.316 e. The molecule has 0 aliphatic carbocycles. The first-order valence-corrected chi connectivity index (χ1v) is 18.3. The summed E-state index contributed by atoms with van der Waals surface area (Å²) in [7, 11) is 2.11. The van der Waals surface area contributed by atoms with E-state index in [1.807, 2.05) is 46.4 Å². The molecule has 46 heavy (non-hydrogen) atoms. The molecule has 3 rings (SSSR count). The molecule has 3 fully saturated rings. The number of Topliss-reactive ketones (excluding diaryl/α,β-unsaturated/α-hetero) is 1. The molecule has 272 valence electrons. The second-order valence-corrected chi connectivity index (χ2v) is 12.9. The monoisotopic (exact) mass is 658 g/mol. The molecule has 0 aromatic rings. The van der Waals surface area contributed by atoms with Crippen molar-refractivity contribution in [1.29, 1.82) is 0 Å². The molecule has 0 spiro atoms. The van der Waals surface area contributed by atoms with Crippen LogP contribution in [0.15, 0.2) is 0 Å². The Morgan fingerprint density at radius 3 is 2.09 bits per heavy atom. The lowest BCUT2D eigenvalue weighted by Gasteiger charge is -2.31. The topological polar surface area (TPSA) is 109 Å². The van der Waals surface area contributed by atoms with Crippen molar-refractivity contribution in [3.8, 4) is 0 Å². The van der Waals surface area contributed by atoms with Gasteiger partial charge in [-0.3, -0.25) is 19.3 Å². The first kappa shape index (κ1) is 44.4. The number of aliphatic hydroxyl groups excluding tert-OH is 1. The summed E-state index contributed by atoms with van der Waals surface area (Å²) >= 11 is 0. The highest BCUT2D eigenvalue weighted by Gasteiger charge is 2.27. The van der Waals surface area contributed by atoms with E-state index in [1.54, 1.807) is 0 Å². The summed E-state index contributed by atoms with van der Waals surface area (Å²) in [6.45, 7) is 24.9. The maximum atomic E-state index is 13.0. The standard InChI is InChI=1S/C25H45N3O5.C7H14O2.2C2H6/c1-5-22-23(29)8-7-20(2)17-21(3)18-26(4)10-11-28(9-6-14-33-25(22)31)24(30)19-27-12-15-32-16-13-27;1-5-3-6(2)9-7(8)4-5;2*1-2/h20-22H,5-19H2,1-4H3;5-8H,3-4H2,1-2H3;2*1-2H3/t20-,21+,22?;5-,6+,7+;;/m00../s1. The summed E-state index contributed by atoms with van der Waals surface area (Å²) in [4.78, 5) is 44.5. The number of ether oxygens (including phenoxy) is 3. The first-order chi connectivity index (χ1) is 22.0. The molecule has 3 aliphatic rings. The van der Waals surface area contributed by atoms with E-state index in [0.717, 1.165) is 51.9 Å². The van der Waals surface area contributed by atoms with Crippen LogP contribution >= 0.6 is 0 Å². The van der Waals surface area contributed by atoms with Gasteiger partial charge in [0.2, 0.25) is 5.91 Å². The van der Waals surface area contributed by atoms with E-state index in [-0.39, 0.29) is 24.4 Å². The van der Waals surface area contributed by atoms with Crippen molar-refractivity contribution in [2.75, 3.05) is 72.7 Å². The van der Waals surface area contributed by atoms with E-state index in [9.17, 15) is 14.4 Å². The first-order valence-electron chi connectivity index (χ1n) is 18.3. The molecule has 6 atom stereocenters. The van der Waals surface area contributed by atoms with Gasteiger partial charge in [-0.15, -0.1) is 0 Å². The second-order valence-electron chi connectivity index (χ2n) is 12.9. The SMILES string of the molecule is CC.CC.CCC1C(=O)CC[C@H](C)C[C@@H](C)CN(C)CCN(C(=O)CN2CCOCC2)CCCOC1=O.C[C@H]1C[C@@H](C)O[C@@H](O)C1. The molecule has 1 unspecified atom stereocenters. The van der Waals surface area contributed by atoms with Crippen LogP contribution in [0.1, 0.15) is 107 Å². The lowest BCUT2D eigenvalue weighted by Crippen LogP contribution is -2.47. The number of morpholine rings is 1. The van der Waals surface area contributed by atoms with E-state index >= 15 is 0 Å². The molecule has 10 nitrogen and oxygen atoms in total. The van der Waals surface area contributed by atoms with Crippen molar-refractivity contribution in [3.05, 3.63) is 0 Å². The number of ketones is 1. The maximum Gasteiger partial charge on any atom is 0.316 e. The number of likely N-dealkylation sites (N-methyl/N-ethyl adjacent to an activating group) is 1. The van der Waals surface area contributed by atoms with Gasteiger partial charge in [-0.2, -0.15) is 0 Å². The predicted octanol–water partition coefficient (Wildman–Crippen LogP) is 5.26. The van der Waals surface area contributed by atoms with Crippen molar-refractivity contribution in [2.24, 2.45) is 23.7 Å². The fourth-order valence-electron chi connectivity index (χ4n) is 6.21. The van der Waals surface area contributed by atoms with E-state index in [2.05, 4.69) is 37.6 Å². The van der Waals surface area contributed by atoms with Crippen molar-refractivity contribution in [1.82, 2.24) is 14.7 Å². The van der Waals surface area contributed by atoms with Crippen LogP contribution in [0.25, 0.3) is 0 Å². The largest absolute Gasteiger partial charge is 0.465 e. The quantitative estimate of drug-likeness (QED) is 0.321. The summed E-state index contributed by atoms with van der Waals surface area (Å²) in [5.74, 6) is 0.551. The van der Waals surface area contributed by atoms with Gasteiger partial charge in [-0.05, 0) is 63.8 Å². The highest BCUT2D eigenvalue weighted by atomic mass is 16.6. The third-order valence-electron chi connectivity index (χ3n) is 8.50. The molecular formula is C36H71N3O7. The van der Waals surface area contributed by atoms with E-state index in [4.69, 9.17) is 19.3 Å². The van der Waals surface area contributed by atoms with Gasteiger partial charge in [0.25, 0.3) is 0 Å². The van der Waals surface area contributed by atoms with Gasteiger partial charge < -0.3 is 29.1 Å². The van der Waals surface area contributed by atoms with Crippen molar-refractivity contribution < 1.29 is 33.7 Å². The Labute approximate surface area is 281 Å². The molecule has 1 N–H and O–H groups in total. The minimum atomic E-state index is -0.671. The molecule has 0 radical (unpaired) electrons. The lowest BCUT2D eigenvalue weighted by molar-refractivity contribution is -0.169. The van der Waals surface area contributed by atoms with Crippen LogP contribution in [0.2, 0.25) is 0 Å². The fraction of sp³-hybridized carbons (Fsp3) is 0.917. The number of amides is 1. The van der Waals surface area contributed by atoms with E-state index in [0.29, 0.717) is 69.9 Å². The molecule has 0 saturated carbocycles. The van der Waals surface area contributed by atoms with Gasteiger partial charge in [0.1, 0.15) is 11.7 Å². The number of carbonyl (C=O) groups excluding carboxylic acids is 3. The van der Waals surface area contributed by atoms with Crippen LogP contribution in [0.3, 0.4) is 0 Å². The average Bonchev–Trinajstić information content (AvgIpc) is 3.01. The Bertz CT molecular complexity index is 783. The fourth-order valence-corrected chi connectivity index (χ4v) is 6.21. The van der Waals surface area contributed by atoms with Crippen LogP contribution < -0.4 is 0 Å². The Hall–Kier alpha value is -1.59. The van der Waals surface area contributed by atoms with Crippen LogP contribution in [-0.4, -0.2) is 123 Å². The van der Waals surface area contributed by atoms with Crippen LogP contribution in [0.5, 0.6) is 0 Å². The number of nitrogens with zero attached hydrogens (tertiary/aromatic N) is 3. The average molecular weight is 658 g/mol. The van der Waals surface area contributed by atoms with Gasteiger partial charge in [0.05, 0.1) is 32.5 Å². The molecule has 10 heteroatoms. The molecule has 3 heterocycles. The minimum Gasteiger partial charge on any atom is -0.465 e. The molecule has 0 aromatic carbocycles. The molecule has 0 bridgehead atoms. The summed E-state index contributed by atoms with van der Waals surface area (Å²) in [5, 5.41) is 9.03. The van der Waals surface area contributed by atoms with Crippen LogP contribution in [-0.2, 0) is 28.6 Å². The highest BCUT2D eigenvalue weighted by Crippen LogP contribution is 2.22. The zero-order chi connectivity index (χ0) is 35.1. The Morgan fingerprint density at radius 2 is 1.50 bits per heavy atom. The number of hydrogen-bond acceptors (Lipinski definition) is 9. The number of aliphatic hydroxyl groups is 1. The summed E-state index contributed by atoms with van der Waals surface area (Å²) < 4.78 is 16.0. The number of hydrogen-bond donors (Lipinski definition) is 1. The zero-order valence-electron chi connectivity index (χ0n) is 31.2. The molecule has 3 saturated heterocycles. The minimum absolute atomic E-state index is 0.00856. The summed E-state index contributed by atoms with van der Waals surface area (Å²) in [5.41, 5.74) is 0. The number of esters is 1. The molecule has 0 aromatic heterocycles. The van der Waals surface area contributed by atoms with Gasteiger partial charge in [0.15, 0.2) is 6.29 Å². The van der Waals surface area contributed by atoms with Gasteiger partial charge in [0, 0.05) is 52.1 Å². The van der Waals surface area contributed by atoms with Crippen LogP contribution in [0, 0.1) is 23.7 Å². The summed E-state index contributed by atoms with van der Waals surface area (Å²) in [6, 6.07) is 0. The van der Waals surface area contributed by atoms with E-state index < -0.39 is 18.2 Å². The number of cyclic esters (lactones) is 1. The Morgan fingerprint density at radius 1 is 0.848 bits per heavy atom. The Balaban J connectivity index is 0.00000131. The Kier molecular flexibility index (Phi) is 25.5. The van der Waals surface area contributed by atoms with Gasteiger partial charge in [-0.1, -0.05) is 55.4 Å².